The predicted molar refractivity (Wildman–Crippen MR) is 126 cm³/mol. The van der Waals surface area contributed by atoms with Crippen LogP contribution in [-0.4, -0.2) is 26.7 Å². The number of hydrogen-bond donors (Lipinski definition) is 2. The number of fused-ring (bicyclic) bond motifs is 1. The maximum absolute atomic E-state index is 13.9. The van der Waals surface area contributed by atoms with Crippen LogP contribution in [0.3, 0.4) is 0 Å². The molecule has 0 amide bonds. The zero-order valence-electron chi connectivity index (χ0n) is 16.1. The van der Waals surface area contributed by atoms with Crippen molar-refractivity contribution in [1.29, 1.82) is 0 Å². The van der Waals surface area contributed by atoms with Crippen LogP contribution in [0.2, 0.25) is 0 Å². The molecule has 0 saturated heterocycles. The molecule has 4 rings (SSSR count). The highest BCUT2D eigenvalue weighted by Gasteiger charge is 2.12. The summed E-state index contributed by atoms with van der Waals surface area (Å²) in [5, 5.41) is 13.4. The number of rotatable bonds is 7. The van der Waals surface area contributed by atoms with Gasteiger partial charge in [0.1, 0.15) is 11.6 Å². The second-order valence-electron chi connectivity index (χ2n) is 6.88. The van der Waals surface area contributed by atoms with Gasteiger partial charge in [-0.05, 0) is 66.4 Å². The van der Waals surface area contributed by atoms with E-state index in [1.54, 1.807) is 24.5 Å². The number of nitrogens with one attached hydrogen (secondary N) is 1. The number of anilines is 2. The molecule has 0 fully saturated rings. The van der Waals surface area contributed by atoms with Gasteiger partial charge in [0.15, 0.2) is 5.82 Å². The minimum absolute atomic E-state index is 0.147. The van der Waals surface area contributed by atoms with Crippen molar-refractivity contribution in [2.24, 2.45) is 0 Å². The number of aryl methyl sites for hydroxylation is 1. The highest BCUT2D eigenvalue weighted by atomic mass is 127. The number of alkyl halides is 1. The van der Waals surface area contributed by atoms with Gasteiger partial charge in [0.2, 0.25) is 0 Å². The molecule has 2 N–H and O–H groups in total. The SMILES string of the molecule is OCCCc1ccc2nc(-c3cccnc3)nc(Nc3ccc(F)c(CI)c3)c2c1. The zero-order chi connectivity index (χ0) is 20.9. The minimum Gasteiger partial charge on any atom is -0.396 e. The first-order chi connectivity index (χ1) is 14.7. The Hall–Kier alpha value is -2.65. The van der Waals surface area contributed by atoms with Crippen LogP contribution in [0, 0.1) is 5.82 Å². The third kappa shape index (κ3) is 4.57. The van der Waals surface area contributed by atoms with Gasteiger partial charge in [0, 0.05) is 40.1 Å². The van der Waals surface area contributed by atoms with E-state index in [1.165, 1.54) is 6.07 Å². The van der Waals surface area contributed by atoms with Crippen molar-refractivity contribution in [3.05, 3.63) is 77.9 Å². The van der Waals surface area contributed by atoms with Crippen LogP contribution in [0.5, 0.6) is 0 Å². The monoisotopic (exact) mass is 514 g/mol. The summed E-state index contributed by atoms with van der Waals surface area (Å²) in [4.78, 5) is 13.6. The van der Waals surface area contributed by atoms with Crippen molar-refractivity contribution in [2.75, 3.05) is 11.9 Å². The molecular weight excluding hydrogens is 494 g/mol. The fraction of sp³-hybridized carbons (Fsp3) is 0.174. The number of aliphatic hydroxyl groups is 1. The molecule has 0 saturated carbocycles. The van der Waals surface area contributed by atoms with E-state index < -0.39 is 0 Å². The lowest BCUT2D eigenvalue weighted by atomic mass is 10.1. The fourth-order valence-electron chi connectivity index (χ4n) is 3.23. The summed E-state index contributed by atoms with van der Waals surface area (Å²) in [5.41, 5.74) is 4.12. The molecule has 0 bridgehead atoms. The van der Waals surface area contributed by atoms with E-state index in [0.29, 0.717) is 28.1 Å². The minimum atomic E-state index is -0.218. The third-order valence-electron chi connectivity index (χ3n) is 4.76. The number of hydrogen-bond acceptors (Lipinski definition) is 5. The van der Waals surface area contributed by atoms with E-state index in [-0.39, 0.29) is 12.4 Å². The van der Waals surface area contributed by atoms with E-state index in [4.69, 9.17) is 15.1 Å². The Balaban J connectivity index is 1.82. The van der Waals surface area contributed by atoms with Crippen molar-refractivity contribution < 1.29 is 9.50 Å². The molecule has 0 aliphatic carbocycles. The average molecular weight is 514 g/mol. The van der Waals surface area contributed by atoms with Crippen LogP contribution in [0.15, 0.2) is 60.9 Å². The van der Waals surface area contributed by atoms with Gasteiger partial charge in [0.25, 0.3) is 0 Å². The van der Waals surface area contributed by atoms with Gasteiger partial charge in [-0.2, -0.15) is 0 Å². The van der Waals surface area contributed by atoms with Crippen molar-refractivity contribution in [3.63, 3.8) is 0 Å². The molecule has 0 radical (unpaired) electrons. The van der Waals surface area contributed by atoms with Crippen LogP contribution < -0.4 is 5.32 Å². The Bertz CT molecular complexity index is 1170. The molecule has 5 nitrogen and oxygen atoms in total. The van der Waals surface area contributed by atoms with Gasteiger partial charge in [-0.1, -0.05) is 28.7 Å². The lowest BCUT2D eigenvalue weighted by Crippen LogP contribution is -2.01. The van der Waals surface area contributed by atoms with Gasteiger partial charge in [0.05, 0.1) is 5.52 Å². The van der Waals surface area contributed by atoms with Crippen molar-refractivity contribution in [1.82, 2.24) is 15.0 Å². The number of aliphatic hydroxyl groups excluding tert-OH is 1. The second-order valence-corrected chi connectivity index (χ2v) is 7.64. The van der Waals surface area contributed by atoms with E-state index in [0.717, 1.165) is 34.1 Å². The van der Waals surface area contributed by atoms with Gasteiger partial charge >= 0.3 is 0 Å². The van der Waals surface area contributed by atoms with Gasteiger partial charge < -0.3 is 10.4 Å². The molecule has 0 spiro atoms. The first kappa shape index (κ1) is 20.6. The molecule has 7 heteroatoms. The predicted octanol–water partition coefficient (Wildman–Crippen LogP) is 5.43. The Morgan fingerprint density at radius 2 is 1.97 bits per heavy atom. The maximum atomic E-state index is 13.9. The lowest BCUT2D eigenvalue weighted by molar-refractivity contribution is 0.288. The molecule has 0 unspecified atom stereocenters. The third-order valence-corrected chi connectivity index (χ3v) is 5.58. The molecular formula is C23H20FIN4O. The first-order valence-electron chi connectivity index (χ1n) is 9.61. The summed E-state index contributed by atoms with van der Waals surface area (Å²) < 4.78 is 14.5. The Labute approximate surface area is 187 Å². The Kier molecular flexibility index (Phi) is 6.49. The highest BCUT2D eigenvalue weighted by Crippen LogP contribution is 2.29. The summed E-state index contributed by atoms with van der Waals surface area (Å²) in [6.45, 7) is 0.147. The topological polar surface area (TPSA) is 70.9 Å². The molecule has 30 heavy (non-hydrogen) atoms. The lowest BCUT2D eigenvalue weighted by Gasteiger charge is -2.13. The van der Waals surface area contributed by atoms with E-state index in [9.17, 15) is 4.39 Å². The van der Waals surface area contributed by atoms with Gasteiger partial charge in [-0.15, -0.1) is 0 Å². The molecule has 152 valence electrons. The smallest absolute Gasteiger partial charge is 0.163 e. The van der Waals surface area contributed by atoms with Crippen LogP contribution in [-0.2, 0) is 10.8 Å². The van der Waals surface area contributed by atoms with E-state index in [1.807, 2.05) is 30.3 Å². The molecule has 2 heterocycles. The highest BCUT2D eigenvalue weighted by molar-refractivity contribution is 14.1. The quantitative estimate of drug-likeness (QED) is 0.254. The van der Waals surface area contributed by atoms with Crippen molar-refractivity contribution in [2.45, 2.75) is 17.3 Å². The fourth-order valence-corrected chi connectivity index (χ4v) is 3.81. The molecule has 2 aromatic carbocycles. The van der Waals surface area contributed by atoms with Crippen molar-refractivity contribution >= 4 is 45.0 Å². The summed E-state index contributed by atoms with van der Waals surface area (Å²) in [7, 11) is 0. The average Bonchev–Trinajstić information content (AvgIpc) is 2.79. The maximum Gasteiger partial charge on any atom is 0.163 e. The summed E-state index contributed by atoms with van der Waals surface area (Å²) in [6.07, 6.45) is 4.90. The number of aromatic nitrogens is 3. The standard InChI is InChI=1S/C23H20FIN4O/c24-20-7-6-18(12-17(20)13-25)27-23-19-11-15(3-2-10-30)5-8-21(19)28-22(29-23)16-4-1-9-26-14-16/h1,4-9,11-12,14,30H,2-3,10,13H2,(H,27,28,29). The van der Waals surface area contributed by atoms with Crippen LogP contribution in [0.25, 0.3) is 22.3 Å². The molecule has 0 aliphatic rings. The molecule has 2 aromatic heterocycles. The Morgan fingerprint density at radius 3 is 2.73 bits per heavy atom. The summed E-state index contributed by atoms with van der Waals surface area (Å²) >= 11 is 2.15. The summed E-state index contributed by atoms with van der Waals surface area (Å²) in [6, 6.07) is 14.8. The van der Waals surface area contributed by atoms with Crippen LogP contribution in [0.1, 0.15) is 17.5 Å². The number of halogens is 2. The van der Waals surface area contributed by atoms with Gasteiger partial charge in [-0.3, -0.25) is 4.98 Å². The number of pyridine rings is 1. The molecule has 0 atom stereocenters. The largest absolute Gasteiger partial charge is 0.396 e. The zero-order valence-corrected chi connectivity index (χ0v) is 18.3. The van der Waals surface area contributed by atoms with E-state index in [2.05, 4.69) is 32.9 Å². The Morgan fingerprint density at radius 1 is 1.07 bits per heavy atom. The molecule has 0 aliphatic heterocycles. The molecule has 4 aromatic rings. The van der Waals surface area contributed by atoms with Crippen LogP contribution >= 0.6 is 22.6 Å². The normalized spacial score (nSPS) is 11.0. The van der Waals surface area contributed by atoms with Crippen LogP contribution in [0.4, 0.5) is 15.9 Å². The van der Waals surface area contributed by atoms with Crippen molar-refractivity contribution in [3.8, 4) is 11.4 Å². The first-order valence-corrected chi connectivity index (χ1v) is 11.1. The number of nitrogens with zero attached hydrogens (tertiary/aromatic N) is 3. The summed E-state index contributed by atoms with van der Waals surface area (Å²) in [5.74, 6) is 0.998. The van der Waals surface area contributed by atoms with Gasteiger partial charge in [-0.25, -0.2) is 14.4 Å². The van der Waals surface area contributed by atoms with E-state index >= 15 is 0 Å². The number of benzene rings is 2. The second kappa shape index (κ2) is 9.44.